The van der Waals surface area contributed by atoms with Gasteiger partial charge in [0.15, 0.2) is 0 Å². The second-order valence-corrected chi connectivity index (χ2v) is 3.60. The molecule has 0 aliphatic rings. The monoisotopic (exact) mass is 240 g/mol. The van der Waals surface area contributed by atoms with E-state index >= 15 is 0 Å². The van der Waals surface area contributed by atoms with E-state index in [2.05, 4.69) is 0 Å². The van der Waals surface area contributed by atoms with Crippen LogP contribution in [0.1, 0.15) is 27.2 Å². The molecule has 0 saturated heterocycles. The normalized spacial score (nSPS) is 16.6. The molecule has 0 fully saturated rings. The molecule has 0 saturated carbocycles. The largest absolute Gasteiger partial charge is 0.391 e. The summed E-state index contributed by atoms with van der Waals surface area (Å²) in [4.78, 5) is 0. The van der Waals surface area contributed by atoms with Gasteiger partial charge in [0.1, 0.15) is 0 Å². The molecule has 0 aliphatic heterocycles. The van der Waals surface area contributed by atoms with E-state index < -0.39 is 12.2 Å². The summed E-state index contributed by atoms with van der Waals surface area (Å²) < 4.78 is 10.6. The standard InChI is InChI=1S/C10H22O4.H2S/c1-4-10(14-6-9(3)12)7-13-5-8(2)11;/h8-12H,4-7H2,1-3H3;1H2/t8-,9-,10?;/m0./s1. The Morgan fingerprint density at radius 2 is 1.53 bits per heavy atom. The third kappa shape index (κ3) is 12.1. The van der Waals surface area contributed by atoms with Crippen LogP contribution in [0.4, 0.5) is 0 Å². The minimum atomic E-state index is -0.444. The predicted octanol–water partition coefficient (Wildman–Crippen LogP) is 0.673. The van der Waals surface area contributed by atoms with Crippen molar-refractivity contribution in [2.45, 2.75) is 45.5 Å². The van der Waals surface area contributed by atoms with E-state index in [9.17, 15) is 0 Å². The number of aliphatic hydroxyl groups is 2. The van der Waals surface area contributed by atoms with Gasteiger partial charge in [-0.25, -0.2) is 0 Å². The Morgan fingerprint density at radius 3 is 1.93 bits per heavy atom. The molecule has 1 unspecified atom stereocenters. The maximum atomic E-state index is 9.00. The first-order valence-electron chi connectivity index (χ1n) is 5.11. The lowest BCUT2D eigenvalue weighted by Crippen LogP contribution is -2.25. The van der Waals surface area contributed by atoms with Crippen LogP contribution in [0.2, 0.25) is 0 Å². The molecule has 0 bridgehead atoms. The van der Waals surface area contributed by atoms with Crippen molar-refractivity contribution in [2.24, 2.45) is 0 Å². The molecule has 15 heavy (non-hydrogen) atoms. The molecule has 3 atom stereocenters. The lowest BCUT2D eigenvalue weighted by molar-refractivity contribution is -0.0576. The van der Waals surface area contributed by atoms with Crippen LogP contribution >= 0.6 is 13.5 Å². The van der Waals surface area contributed by atoms with Gasteiger partial charge in [-0.1, -0.05) is 6.92 Å². The summed E-state index contributed by atoms with van der Waals surface area (Å²) in [5, 5.41) is 18.0. The van der Waals surface area contributed by atoms with Crippen molar-refractivity contribution >= 4 is 13.5 Å². The van der Waals surface area contributed by atoms with Gasteiger partial charge in [0.05, 0.1) is 38.1 Å². The van der Waals surface area contributed by atoms with Crippen LogP contribution in [0.25, 0.3) is 0 Å². The number of rotatable bonds is 8. The van der Waals surface area contributed by atoms with Crippen LogP contribution in [0, 0.1) is 0 Å². The van der Waals surface area contributed by atoms with Crippen LogP contribution in [0.3, 0.4) is 0 Å². The third-order valence-electron chi connectivity index (χ3n) is 1.69. The number of hydrogen-bond donors (Lipinski definition) is 2. The molecule has 0 heterocycles. The molecule has 0 aromatic carbocycles. The molecule has 0 spiro atoms. The van der Waals surface area contributed by atoms with Gasteiger partial charge >= 0.3 is 0 Å². The molecule has 0 amide bonds. The van der Waals surface area contributed by atoms with E-state index in [4.69, 9.17) is 19.7 Å². The lowest BCUT2D eigenvalue weighted by atomic mass is 10.3. The second kappa shape index (κ2) is 10.7. The zero-order valence-corrected chi connectivity index (χ0v) is 10.8. The average molecular weight is 240 g/mol. The summed E-state index contributed by atoms with van der Waals surface area (Å²) in [5.41, 5.74) is 0. The zero-order valence-electron chi connectivity index (χ0n) is 9.77. The highest BCUT2D eigenvalue weighted by Crippen LogP contribution is 2.00. The third-order valence-corrected chi connectivity index (χ3v) is 1.69. The molecule has 5 heteroatoms. The first-order valence-corrected chi connectivity index (χ1v) is 5.11. The molecule has 0 aromatic rings. The maximum absolute atomic E-state index is 9.00. The Labute approximate surface area is 99.0 Å². The van der Waals surface area contributed by atoms with Gasteiger partial charge in [0, 0.05) is 0 Å². The van der Waals surface area contributed by atoms with Crippen molar-refractivity contribution in [1.82, 2.24) is 0 Å². The molecule has 2 N–H and O–H groups in total. The van der Waals surface area contributed by atoms with Crippen LogP contribution in [0.5, 0.6) is 0 Å². The molecule has 0 radical (unpaired) electrons. The maximum Gasteiger partial charge on any atom is 0.0807 e. The van der Waals surface area contributed by atoms with Crippen molar-refractivity contribution in [1.29, 1.82) is 0 Å². The number of aliphatic hydroxyl groups excluding tert-OH is 2. The second-order valence-electron chi connectivity index (χ2n) is 3.60. The zero-order chi connectivity index (χ0) is 11.0. The number of ether oxygens (including phenoxy) is 2. The van der Waals surface area contributed by atoms with E-state index in [1.165, 1.54) is 0 Å². The van der Waals surface area contributed by atoms with Gasteiger partial charge in [-0.05, 0) is 20.3 Å². The Hall–Kier alpha value is 0.190. The highest BCUT2D eigenvalue weighted by molar-refractivity contribution is 7.59. The van der Waals surface area contributed by atoms with E-state index in [1.54, 1.807) is 13.8 Å². The lowest BCUT2D eigenvalue weighted by Gasteiger charge is -2.17. The minimum Gasteiger partial charge on any atom is -0.391 e. The summed E-state index contributed by atoms with van der Waals surface area (Å²) in [6.45, 7) is 6.48. The predicted molar refractivity (Wildman–Crippen MR) is 64.6 cm³/mol. The summed E-state index contributed by atoms with van der Waals surface area (Å²) in [7, 11) is 0. The fourth-order valence-electron chi connectivity index (χ4n) is 0.929. The van der Waals surface area contributed by atoms with Crippen LogP contribution in [-0.4, -0.2) is 48.3 Å². The van der Waals surface area contributed by atoms with Gasteiger partial charge in [0.25, 0.3) is 0 Å². The molecular weight excluding hydrogens is 216 g/mol. The molecule has 4 nitrogen and oxygen atoms in total. The van der Waals surface area contributed by atoms with Gasteiger partial charge < -0.3 is 19.7 Å². The summed E-state index contributed by atoms with van der Waals surface area (Å²) in [5.74, 6) is 0. The van der Waals surface area contributed by atoms with E-state index in [0.29, 0.717) is 19.8 Å². The Morgan fingerprint density at radius 1 is 1.00 bits per heavy atom. The summed E-state index contributed by atoms with van der Waals surface area (Å²) in [6, 6.07) is 0. The fourth-order valence-corrected chi connectivity index (χ4v) is 0.929. The molecule has 0 aromatic heterocycles. The van der Waals surface area contributed by atoms with Gasteiger partial charge in [-0.3, -0.25) is 0 Å². The summed E-state index contributed by atoms with van der Waals surface area (Å²) in [6.07, 6.45) is -0.0413. The van der Waals surface area contributed by atoms with Crippen LogP contribution in [-0.2, 0) is 9.47 Å². The minimum absolute atomic E-state index is 0. The van der Waals surface area contributed by atoms with Crippen molar-refractivity contribution in [3.8, 4) is 0 Å². The Kier molecular flexibility index (Phi) is 12.5. The highest BCUT2D eigenvalue weighted by Gasteiger charge is 2.08. The first-order chi connectivity index (χ1) is 6.56. The van der Waals surface area contributed by atoms with Gasteiger partial charge in [-0.15, -0.1) is 0 Å². The Balaban J connectivity index is 0. The van der Waals surface area contributed by atoms with Crippen molar-refractivity contribution < 1.29 is 19.7 Å². The molecule has 0 aliphatic carbocycles. The molecule has 0 rings (SSSR count). The van der Waals surface area contributed by atoms with Crippen molar-refractivity contribution in [2.75, 3.05) is 19.8 Å². The van der Waals surface area contributed by atoms with Crippen LogP contribution < -0.4 is 0 Å². The number of hydrogen-bond acceptors (Lipinski definition) is 4. The molecular formula is C10H24O4S. The van der Waals surface area contributed by atoms with Gasteiger partial charge in [-0.2, -0.15) is 13.5 Å². The molecule has 94 valence electrons. The smallest absolute Gasteiger partial charge is 0.0807 e. The van der Waals surface area contributed by atoms with Gasteiger partial charge in [0.2, 0.25) is 0 Å². The fraction of sp³-hybridized carbons (Fsp3) is 1.00. The van der Waals surface area contributed by atoms with E-state index in [0.717, 1.165) is 6.42 Å². The topological polar surface area (TPSA) is 58.9 Å². The van der Waals surface area contributed by atoms with E-state index in [-0.39, 0.29) is 19.6 Å². The SMILES string of the molecule is CCC(COC[C@H](C)O)OC[C@H](C)O.S. The van der Waals surface area contributed by atoms with E-state index in [1.807, 2.05) is 6.92 Å². The average Bonchev–Trinajstić information content (AvgIpc) is 2.10. The summed E-state index contributed by atoms with van der Waals surface area (Å²) >= 11 is 0. The first kappa shape index (κ1) is 17.6. The quantitative estimate of drug-likeness (QED) is 0.655. The van der Waals surface area contributed by atoms with Crippen molar-refractivity contribution in [3.63, 3.8) is 0 Å². The van der Waals surface area contributed by atoms with Crippen LogP contribution in [0.15, 0.2) is 0 Å². The highest BCUT2D eigenvalue weighted by atomic mass is 32.1. The Bertz CT molecular complexity index is 131. The van der Waals surface area contributed by atoms with Crippen molar-refractivity contribution in [3.05, 3.63) is 0 Å².